The van der Waals surface area contributed by atoms with Crippen molar-refractivity contribution in [1.82, 2.24) is 0 Å². The zero-order valence-electron chi connectivity index (χ0n) is 13.2. The first kappa shape index (κ1) is 14.6. The van der Waals surface area contributed by atoms with Gasteiger partial charge in [-0.2, -0.15) is 0 Å². The Hall–Kier alpha value is -2.38. The molecule has 0 amide bonds. The van der Waals surface area contributed by atoms with Crippen molar-refractivity contribution in [3.05, 3.63) is 95.2 Å². The van der Waals surface area contributed by atoms with Gasteiger partial charge in [0.25, 0.3) is 0 Å². The van der Waals surface area contributed by atoms with Crippen LogP contribution in [0.25, 0.3) is 11.6 Å². The zero-order chi connectivity index (χ0) is 15.4. The van der Waals surface area contributed by atoms with E-state index in [9.17, 15) is 0 Å². The maximum atomic E-state index is 2.36. The Morgan fingerprint density at radius 3 is 2.73 bits per heavy atom. The molecule has 2 N–H and O–H groups in total. The summed E-state index contributed by atoms with van der Waals surface area (Å²) in [5.74, 6) is 0. The van der Waals surface area contributed by atoms with Gasteiger partial charge in [-0.05, 0) is 42.7 Å². The second-order valence-corrected chi connectivity index (χ2v) is 5.70. The molecule has 1 aliphatic rings. The molecule has 0 radical (unpaired) electrons. The van der Waals surface area contributed by atoms with Gasteiger partial charge >= 0.3 is 0 Å². The van der Waals surface area contributed by atoms with Gasteiger partial charge in [0.2, 0.25) is 0 Å². The van der Waals surface area contributed by atoms with Crippen molar-refractivity contribution in [2.24, 2.45) is 0 Å². The minimum absolute atomic E-state index is 0.327. The van der Waals surface area contributed by atoms with E-state index < -0.39 is 0 Å². The second kappa shape index (κ2) is 6.59. The van der Waals surface area contributed by atoms with Crippen LogP contribution in [-0.4, -0.2) is 0 Å². The first-order chi connectivity index (χ1) is 10.8. The standard InChI is InChI=1S/C21H21N/c1-3-7-17-9-4-5-11-20(17)21-15-19(12-13-22-21)18-10-6-8-16(2)14-18/h3-15,21-22H,1-2H3/p+1/b7-3+. The van der Waals surface area contributed by atoms with Gasteiger partial charge in [-0.3, -0.25) is 0 Å². The van der Waals surface area contributed by atoms with Crippen LogP contribution in [-0.2, 0) is 0 Å². The van der Waals surface area contributed by atoms with Gasteiger partial charge in [0, 0.05) is 5.56 Å². The molecular weight excluding hydrogens is 266 g/mol. The average molecular weight is 288 g/mol. The van der Waals surface area contributed by atoms with Crippen LogP contribution in [0.5, 0.6) is 0 Å². The summed E-state index contributed by atoms with van der Waals surface area (Å²) in [5, 5.41) is 2.27. The van der Waals surface area contributed by atoms with E-state index in [1.807, 2.05) is 0 Å². The van der Waals surface area contributed by atoms with E-state index in [1.165, 1.54) is 27.8 Å². The molecule has 0 fully saturated rings. The molecule has 0 aliphatic carbocycles. The highest BCUT2D eigenvalue weighted by Crippen LogP contribution is 2.25. The summed E-state index contributed by atoms with van der Waals surface area (Å²) < 4.78 is 0. The van der Waals surface area contributed by atoms with Crippen LogP contribution in [0.15, 0.2) is 73.0 Å². The first-order valence-corrected chi connectivity index (χ1v) is 7.80. The molecule has 0 saturated carbocycles. The van der Waals surface area contributed by atoms with Crippen molar-refractivity contribution in [3.63, 3.8) is 0 Å². The highest BCUT2D eigenvalue weighted by molar-refractivity contribution is 5.75. The summed E-state index contributed by atoms with van der Waals surface area (Å²) in [7, 11) is 0. The van der Waals surface area contributed by atoms with E-state index in [2.05, 4.69) is 98.2 Å². The minimum Gasteiger partial charge on any atom is -0.310 e. The normalized spacial score (nSPS) is 17.7. The predicted octanol–water partition coefficient (Wildman–Crippen LogP) is 4.24. The van der Waals surface area contributed by atoms with Crippen LogP contribution in [0.3, 0.4) is 0 Å². The molecule has 1 heterocycles. The average Bonchev–Trinajstić information content (AvgIpc) is 2.56. The molecule has 0 aromatic heterocycles. The van der Waals surface area contributed by atoms with Gasteiger partial charge in [-0.15, -0.1) is 0 Å². The second-order valence-electron chi connectivity index (χ2n) is 5.70. The summed E-state index contributed by atoms with van der Waals surface area (Å²) in [6, 6.07) is 17.6. The van der Waals surface area contributed by atoms with Crippen LogP contribution < -0.4 is 5.32 Å². The molecule has 3 rings (SSSR count). The van der Waals surface area contributed by atoms with Crippen LogP contribution in [0.1, 0.15) is 35.2 Å². The molecule has 1 heteroatoms. The van der Waals surface area contributed by atoms with E-state index in [-0.39, 0.29) is 0 Å². The number of aryl methyl sites for hydroxylation is 1. The Balaban J connectivity index is 1.98. The molecule has 1 nitrogen and oxygen atoms in total. The number of nitrogens with two attached hydrogens (primary N) is 1. The van der Waals surface area contributed by atoms with Gasteiger partial charge in [0.1, 0.15) is 6.04 Å². The number of rotatable bonds is 3. The third-order valence-electron chi connectivity index (χ3n) is 4.01. The van der Waals surface area contributed by atoms with Crippen LogP contribution in [0.4, 0.5) is 0 Å². The molecule has 0 bridgehead atoms. The third kappa shape index (κ3) is 3.10. The van der Waals surface area contributed by atoms with Crippen molar-refractivity contribution >= 4 is 11.6 Å². The van der Waals surface area contributed by atoms with E-state index in [0.717, 1.165) is 0 Å². The van der Waals surface area contributed by atoms with Gasteiger partial charge in [0.05, 0.1) is 6.20 Å². The molecule has 2 aromatic carbocycles. The van der Waals surface area contributed by atoms with Crippen LogP contribution >= 0.6 is 0 Å². The zero-order valence-corrected chi connectivity index (χ0v) is 13.2. The smallest absolute Gasteiger partial charge is 0.136 e. The molecular formula is C21H22N+. The summed E-state index contributed by atoms with van der Waals surface area (Å²) >= 11 is 0. The quantitative estimate of drug-likeness (QED) is 0.870. The molecule has 1 unspecified atom stereocenters. The maximum Gasteiger partial charge on any atom is 0.136 e. The van der Waals surface area contributed by atoms with Crippen molar-refractivity contribution in [1.29, 1.82) is 0 Å². The highest BCUT2D eigenvalue weighted by atomic mass is 14.9. The topological polar surface area (TPSA) is 16.6 Å². The number of quaternary nitrogens is 1. The lowest BCUT2D eigenvalue weighted by atomic mass is 9.93. The Morgan fingerprint density at radius 1 is 1.05 bits per heavy atom. The van der Waals surface area contributed by atoms with Crippen molar-refractivity contribution in [2.75, 3.05) is 0 Å². The monoisotopic (exact) mass is 288 g/mol. The Labute approximate surface area is 132 Å². The maximum absolute atomic E-state index is 2.36. The lowest BCUT2D eigenvalue weighted by molar-refractivity contribution is -0.622. The first-order valence-electron chi connectivity index (χ1n) is 7.80. The molecule has 0 saturated heterocycles. The number of hydrogen-bond acceptors (Lipinski definition) is 0. The summed E-state index contributed by atoms with van der Waals surface area (Å²) in [5.41, 5.74) is 6.54. The molecule has 0 spiro atoms. The summed E-state index contributed by atoms with van der Waals surface area (Å²) in [6.07, 6.45) is 11.0. The predicted molar refractivity (Wildman–Crippen MR) is 94.1 cm³/mol. The van der Waals surface area contributed by atoms with E-state index >= 15 is 0 Å². The molecule has 110 valence electrons. The van der Waals surface area contributed by atoms with Crippen molar-refractivity contribution in [2.45, 2.75) is 19.9 Å². The number of hydrogen-bond donors (Lipinski definition) is 1. The number of benzene rings is 2. The molecule has 1 aliphatic heterocycles. The summed E-state index contributed by atoms with van der Waals surface area (Å²) in [6.45, 7) is 4.21. The van der Waals surface area contributed by atoms with Gasteiger partial charge in [0.15, 0.2) is 0 Å². The van der Waals surface area contributed by atoms with Crippen molar-refractivity contribution < 1.29 is 5.32 Å². The van der Waals surface area contributed by atoms with Gasteiger partial charge in [-0.1, -0.05) is 66.2 Å². The largest absolute Gasteiger partial charge is 0.310 e. The van der Waals surface area contributed by atoms with Crippen LogP contribution in [0, 0.1) is 6.92 Å². The molecule has 2 aromatic rings. The molecule has 22 heavy (non-hydrogen) atoms. The fourth-order valence-electron chi connectivity index (χ4n) is 2.94. The van der Waals surface area contributed by atoms with Gasteiger partial charge < -0.3 is 5.32 Å². The van der Waals surface area contributed by atoms with E-state index in [4.69, 9.17) is 0 Å². The SMILES string of the molecule is C/C=C/c1ccccc1C1C=C(c2cccc(C)c2)C=C[NH2+]1. The Bertz CT molecular complexity index is 750. The van der Waals surface area contributed by atoms with Crippen molar-refractivity contribution in [3.8, 4) is 0 Å². The Kier molecular flexibility index (Phi) is 4.36. The molecule has 1 atom stereocenters. The van der Waals surface area contributed by atoms with Gasteiger partial charge in [-0.25, -0.2) is 0 Å². The van der Waals surface area contributed by atoms with Crippen LogP contribution in [0.2, 0.25) is 0 Å². The fourth-order valence-corrected chi connectivity index (χ4v) is 2.94. The van der Waals surface area contributed by atoms with E-state index in [1.54, 1.807) is 0 Å². The van der Waals surface area contributed by atoms with E-state index in [0.29, 0.717) is 6.04 Å². The fraction of sp³-hybridized carbons (Fsp3) is 0.143. The minimum atomic E-state index is 0.327. The third-order valence-corrected chi connectivity index (χ3v) is 4.01. The number of allylic oxidation sites excluding steroid dienone is 3. The summed E-state index contributed by atoms with van der Waals surface area (Å²) in [4.78, 5) is 0. The lowest BCUT2D eigenvalue weighted by Gasteiger charge is -2.17. The Morgan fingerprint density at radius 2 is 1.91 bits per heavy atom. The lowest BCUT2D eigenvalue weighted by Crippen LogP contribution is -2.79. The highest BCUT2D eigenvalue weighted by Gasteiger charge is 2.18.